The van der Waals surface area contributed by atoms with Crippen molar-refractivity contribution in [1.29, 1.82) is 5.26 Å². The van der Waals surface area contributed by atoms with Gasteiger partial charge in [-0.15, -0.1) is 0 Å². The van der Waals surface area contributed by atoms with Crippen molar-refractivity contribution in [3.05, 3.63) is 63.6 Å². The Bertz CT molecular complexity index is 986. The van der Waals surface area contributed by atoms with Gasteiger partial charge >= 0.3 is 0 Å². The van der Waals surface area contributed by atoms with E-state index in [0.29, 0.717) is 31.3 Å². The predicted octanol–water partition coefficient (Wildman–Crippen LogP) is 3.22. The highest BCUT2D eigenvalue weighted by molar-refractivity contribution is 7.89. The summed E-state index contributed by atoms with van der Waals surface area (Å²) >= 11 is 12.0. The number of halogens is 2. The zero-order valence-corrected chi connectivity index (χ0v) is 17.3. The van der Waals surface area contributed by atoms with Crippen LogP contribution in [0.25, 0.3) is 0 Å². The Hall–Kier alpha value is -1.66. The maximum atomic E-state index is 12.8. The summed E-state index contributed by atoms with van der Waals surface area (Å²) in [4.78, 5) is 2.17. The smallest absolute Gasteiger partial charge is 0.240 e. The number of rotatable bonds is 6. The molecule has 0 saturated carbocycles. The van der Waals surface area contributed by atoms with Crippen LogP contribution in [0.4, 0.5) is 0 Å². The number of morpholine rings is 1. The summed E-state index contributed by atoms with van der Waals surface area (Å²) in [5, 5.41) is 9.90. The second-order valence-corrected chi connectivity index (χ2v) is 8.94. The fourth-order valence-electron chi connectivity index (χ4n) is 3.09. The lowest BCUT2D eigenvalue weighted by Crippen LogP contribution is -2.43. The molecule has 1 N–H and O–H groups in total. The first-order valence-corrected chi connectivity index (χ1v) is 10.9. The number of ether oxygens (including phenoxy) is 1. The van der Waals surface area contributed by atoms with Gasteiger partial charge in [0.2, 0.25) is 10.0 Å². The molecule has 0 aliphatic carbocycles. The Morgan fingerprint density at radius 2 is 1.93 bits per heavy atom. The summed E-state index contributed by atoms with van der Waals surface area (Å²) in [5.41, 5.74) is 1.04. The second-order valence-electron chi connectivity index (χ2n) is 6.32. The summed E-state index contributed by atoms with van der Waals surface area (Å²) in [6.45, 7) is 2.73. The van der Waals surface area contributed by atoms with Crippen molar-refractivity contribution in [2.24, 2.45) is 0 Å². The van der Waals surface area contributed by atoms with E-state index in [1.165, 1.54) is 18.2 Å². The molecule has 2 aromatic rings. The molecule has 1 saturated heterocycles. The van der Waals surface area contributed by atoms with Gasteiger partial charge in [0.05, 0.1) is 28.7 Å². The summed E-state index contributed by atoms with van der Waals surface area (Å²) < 4.78 is 33.6. The number of hydrogen-bond acceptors (Lipinski definition) is 5. The molecule has 0 bridgehead atoms. The number of nitrogens with one attached hydrogen (secondary N) is 1. The second kappa shape index (κ2) is 9.23. The zero-order valence-electron chi connectivity index (χ0n) is 14.9. The summed E-state index contributed by atoms with van der Waals surface area (Å²) in [5.74, 6) is 0. The number of nitrogens with zero attached hydrogens (tertiary/aromatic N) is 2. The minimum atomic E-state index is -3.81. The van der Waals surface area contributed by atoms with Gasteiger partial charge in [0.25, 0.3) is 0 Å². The van der Waals surface area contributed by atoms with Gasteiger partial charge in [-0.3, -0.25) is 4.90 Å². The molecule has 9 heteroatoms. The Kier molecular flexibility index (Phi) is 6.94. The first-order valence-electron chi connectivity index (χ1n) is 8.67. The third-order valence-electron chi connectivity index (χ3n) is 4.56. The molecule has 0 spiro atoms. The lowest BCUT2D eigenvalue weighted by molar-refractivity contribution is 0.0172. The number of hydrogen-bond donors (Lipinski definition) is 1. The standard InChI is InChI=1S/C19H19Cl2N3O3S/c20-16-3-1-2-14(10-16)19(24-6-8-27-9-7-24)13-23-28(25,26)17-4-5-18(21)15(11-17)12-22/h1-5,10-11,19,23H,6-9,13H2. The van der Waals surface area contributed by atoms with Gasteiger partial charge < -0.3 is 4.74 Å². The van der Waals surface area contributed by atoms with E-state index in [1.54, 1.807) is 6.07 Å². The van der Waals surface area contributed by atoms with Crippen LogP contribution in [0.1, 0.15) is 17.2 Å². The average Bonchev–Trinajstić information content (AvgIpc) is 2.69. The highest BCUT2D eigenvalue weighted by atomic mass is 35.5. The Morgan fingerprint density at radius 3 is 2.61 bits per heavy atom. The third-order valence-corrected chi connectivity index (χ3v) is 6.54. The van der Waals surface area contributed by atoms with E-state index in [1.807, 2.05) is 24.3 Å². The number of benzene rings is 2. The van der Waals surface area contributed by atoms with Crippen LogP contribution >= 0.6 is 23.2 Å². The lowest BCUT2D eigenvalue weighted by atomic mass is 10.1. The van der Waals surface area contributed by atoms with Crippen LogP contribution in [0, 0.1) is 11.3 Å². The summed E-state index contributed by atoms with van der Waals surface area (Å²) in [7, 11) is -3.81. The van der Waals surface area contributed by atoms with Gasteiger partial charge in [-0.25, -0.2) is 13.1 Å². The average molecular weight is 440 g/mol. The molecule has 1 heterocycles. The van der Waals surface area contributed by atoms with E-state index < -0.39 is 10.0 Å². The Balaban J connectivity index is 1.83. The van der Waals surface area contributed by atoms with Crippen molar-refractivity contribution in [2.75, 3.05) is 32.8 Å². The van der Waals surface area contributed by atoms with E-state index in [0.717, 1.165) is 5.56 Å². The third kappa shape index (κ3) is 5.03. The van der Waals surface area contributed by atoms with Crippen LogP contribution in [0.3, 0.4) is 0 Å². The molecule has 1 unspecified atom stereocenters. The van der Waals surface area contributed by atoms with E-state index in [2.05, 4.69) is 9.62 Å². The molecule has 0 aromatic heterocycles. The zero-order chi connectivity index (χ0) is 20.1. The highest BCUT2D eigenvalue weighted by Crippen LogP contribution is 2.25. The van der Waals surface area contributed by atoms with Gasteiger partial charge in [0, 0.05) is 30.7 Å². The molecule has 3 rings (SSSR count). The first-order chi connectivity index (χ1) is 13.4. The molecule has 1 aliphatic rings. The van der Waals surface area contributed by atoms with Crippen LogP contribution in [-0.4, -0.2) is 46.2 Å². The molecule has 1 aliphatic heterocycles. The SMILES string of the molecule is N#Cc1cc(S(=O)(=O)NCC(c2cccc(Cl)c2)N2CCOCC2)ccc1Cl. The van der Waals surface area contributed by atoms with Crippen LogP contribution in [0.2, 0.25) is 10.0 Å². The normalized spacial score (nSPS) is 16.5. The molecule has 28 heavy (non-hydrogen) atoms. The highest BCUT2D eigenvalue weighted by Gasteiger charge is 2.25. The minimum absolute atomic E-state index is 0.000251. The molecule has 0 amide bonds. The maximum Gasteiger partial charge on any atom is 0.240 e. The monoisotopic (exact) mass is 439 g/mol. The fourth-order valence-corrected chi connectivity index (χ4v) is 4.51. The van der Waals surface area contributed by atoms with E-state index in [-0.39, 0.29) is 28.1 Å². The quantitative estimate of drug-likeness (QED) is 0.746. The topological polar surface area (TPSA) is 82.4 Å². The van der Waals surface area contributed by atoms with E-state index >= 15 is 0 Å². The van der Waals surface area contributed by atoms with Crippen LogP contribution < -0.4 is 4.72 Å². The molecule has 6 nitrogen and oxygen atoms in total. The van der Waals surface area contributed by atoms with Gasteiger partial charge in [-0.1, -0.05) is 35.3 Å². The first kappa shape index (κ1) is 21.1. The van der Waals surface area contributed by atoms with E-state index in [4.69, 9.17) is 33.2 Å². The van der Waals surface area contributed by atoms with Crippen molar-refractivity contribution < 1.29 is 13.2 Å². The van der Waals surface area contributed by atoms with Crippen LogP contribution in [-0.2, 0) is 14.8 Å². The van der Waals surface area contributed by atoms with Crippen LogP contribution in [0.5, 0.6) is 0 Å². The van der Waals surface area contributed by atoms with Crippen molar-refractivity contribution in [3.63, 3.8) is 0 Å². The molecule has 148 valence electrons. The fraction of sp³-hybridized carbons (Fsp3) is 0.316. The summed E-state index contributed by atoms with van der Waals surface area (Å²) in [6.07, 6.45) is 0. The Labute approximate surface area is 174 Å². The molecule has 1 fully saturated rings. The molecule has 1 atom stereocenters. The van der Waals surface area contributed by atoms with Gasteiger partial charge in [0.15, 0.2) is 0 Å². The molecular formula is C19H19Cl2N3O3S. The molecule has 0 radical (unpaired) electrons. The van der Waals surface area contributed by atoms with Crippen molar-refractivity contribution in [2.45, 2.75) is 10.9 Å². The maximum absolute atomic E-state index is 12.8. The molecule has 2 aromatic carbocycles. The van der Waals surface area contributed by atoms with Crippen molar-refractivity contribution in [1.82, 2.24) is 9.62 Å². The lowest BCUT2D eigenvalue weighted by Gasteiger charge is -2.35. The number of sulfonamides is 1. The van der Waals surface area contributed by atoms with Gasteiger partial charge in [-0.2, -0.15) is 5.26 Å². The minimum Gasteiger partial charge on any atom is -0.379 e. The molecular weight excluding hydrogens is 421 g/mol. The van der Waals surface area contributed by atoms with Crippen molar-refractivity contribution in [3.8, 4) is 6.07 Å². The van der Waals surface area contributed by atoms with Gasteiger partial charge in [-0.05, 0) is 35.9 Å². The Morgan fingerprint density at radius 1 is 1.18 bits per heavy atom. The largest absolute Gasteiger partial charge is 0.379 e. The van der Waals surface area contributed by atoms with E-state index in [9.17, 15) is 8.42 Å². The van der Waals surface area contributed by atoms with Gasteiger partial charge in [0.1, 0.15) is 6.07 Å². The van der Waals surface area contributed by atoms with Crippen molar-refractivity contribution >= 4 is 33.2 Å². The predicted molar refractivity (Wildman–Crippen MR) is 108 cm³/mol. The summed E-state index contributed by atoms with van der Waals surface area (Å²) in [6, 6.07) is 13.2. The van der Waals surface area contributed by atoms with Crippen LogP contribution in [0.15, 0.2) is 47.4 Å². The number of nitriles is 1.